The van der Waals surface area contributed by atoms with Gasteiger partial charge >= 0.3 is 0 Å². The standard InChI is InChI=1S/C10H18O/c1-3-4-7-11-10-6-5-9(2)8-10/h3,9-10H,1,4-8H2,2H3. The van der Waals surface area contributed by atoms with Gasteiger partial charge in [0.25, 0.3) is 0 Å². The summed E-state index contributed by atoms with van der Waals surface area (Å²) in [5.74, 6) is 0.878. The van der Waals surface area contributed by atoms with Crippen molar-refractivity contribution in [3.63, 3.8) is 0 Å². The van der Waals surface area contributed by atoms with E-state index in [9.17, 15) is 0 Å². The van der Waals surface area contributed by atoms with Gasteiger partial charge in [-0.05, 0) is 31.6 Å². The van der Waals surface area contributed by atoms with Crippen LogP contribution in [-0.4, -0.2) is 12.7 Å². The van der Waals surface area contributed by atoms with Crippen LogP contribution in [0.3, 0.4) is 0 Å². The summed E-state index contributed by atoms with van der Waals surface area (Å²) in [4.78, 5) is 0. The van der Waals surface area contributed by atoms with E-state index in [1.807, 2.05) is 6.08 Å². The molecule has 1 aliphatic carbocycles. The molecule has 11 heavy (non-hydrogen) atoms. The van der Waals surface area contributed by atoms with Crippen LogP contribution in [0.5, 0.6) is 0 Å². The molecule has 0 radical (unpaired) electrons. The maximum absolute atomic E-state index is 5.64. The SMILES string of the molecule is C=CCCOC1CCC(C)C1. The lowest BCUT2D eigenvalue weighted by Crippen LogP contribution is -2.08. The highest BCUT2D eigenvalue weighted by atomic mass is 16.5. The zero-order valence-electron chi connectivity index (χ0n) is 7.38. The Morgan fingerprint density at radius 3 is 2.91 bits per heavy atom. The minimum atomic E-state index is 0.546. The van der Waals surface area contributed by atoms with Crippen molar-refractivity contribution in [2.45, 2.75) is 38.7 Å². The molecule has 1 saturated carbocycles. The van der Waals surface area contributed by atoms with Crippen LogP contribution in [0, 0.1) is 5.92 Å². The summed E-state index contributed by atoms with van der Waals surface area (Å²) in [6.45, 7) is 6.82. The molecule has 0 bridgehead atoms. The van der Waals surface area contributed by atoms with Gasteiger partial charge in [-0.1, -0.05) is 13.0 Å². The molecule has 0 aliphatic heterocycles. The molecule has 0 N–H and O–H groups in total. The van der Waals surface area contributed by atoms with Crippen LogP contribution in [0.15, 0.2) is 12.7 Å². The van der Waals surface area contributed by atoms with Gasteiger partial charge in [0, 0.05) is 0 Å². The summed E-state index contributed by atoms with van der Waals surface area (Å²) in [7, 11) is 0. The summed E-state index contributed by atoms with van der Waals surface area (Å²) < 4.78 is 5.64. The number of rotatable bonds is 4. The highest BCUT2D eigenvalue weighted by molar-refractivity contribution is 4.73. The van der Waals surface area contributed by atoms with E-state index in [0.717, 1.165) is 18.9 Å². The molecule has 0 spiro atoms. The molecule has 0 heterocycles. The second-order valence-electron chi connectivity index (χ2n) is 3.49. The predicted molar refractivity (Wildman–Crippen MR) is 47.6 cm³/mol. The Bertz CT molecular complexity index is 120. The van der Waals surface area contributed by atoms with Crippen LogP contribution < -0.4 is 0 Å². The maximum Gasteiger partial charge on any atom is 0.0578 e. The van der Waals surface area contributed by atoms with Crippen molar-refractivity contribution in [3.8, 4) is 0 Å². The van der Waals surface area contributed by atoms with Gasteiger partial charge in [0.1, 0.15) is 0 Å². The molecule has 1 nitrogen and oxygen atoms in total. The second kappa shape index (κ2) is 4.55. The third-order valence-electron chi connectivity index (χ3n) is 2.32. The van der Waals surface area contributed by atoms with E-state index in [0.29, 0.717) is 6.10 Å². The fraction of sp³-hybridized carbons (Fsp3) is 0.800. The molecule has 64 valence electrons. The fourth-order valence-electron chi connectivity index (χ4n) is 1.62. The normalized spacial score (nSPS) is 30.6. The largest absolute Gasteiger partial charge is 0.378 e. The first kappa shape index (κ1) is 8.79. The Morgan fingerprint density at radius 1 is 1.55 bits per heavy atom. The third kappa shape index (κ3) is 3.06. The Labute approximate surface area is 69.4 Å². The van der Waals surface area contributed by atoms with Crippen molar-refractivity contribution in [2.24, 2.45) is 5.92 Å². The minimum Gasteiger partial charge on any atom is -0.378 e. The van der Waals surface area contributed by atoms with E-state index in [1.165, 1.54) is 19.3 Å². The van der Waals surface area contributed by atoms with E-state index in [2.05, 4.69) is 13.5 Å². The molecule has 0 aromatic heterocycles. The van der Waals surface area contributed by atoms with Gasteiger partial charge in [-0.25, -0.2) is 0 Å². The number of hydrogen-bond donors (Lipinski definition) is 0. The molecule has 1 heteroatoms. The molecule has 1 rings (SSSR count). The second-order valence-corrected chi connectivity index (χ2v) is 3.49. The molecule has 0 amide bonds. The van der Waals surface area contributed by atoms with Gasteiger partial charge in [0.2, 0.25) is 0 Å². The molecule has 1 fully saturated rings. The van der Waals surface area contributed by atoms with Crippen molar-refractivity contribution in [3.05, 3.63) is 12.7 Å². The van der Waals surface area contributed by atoms with Crippen molar-refractivity contribution < 1.29 is 4.74 Å². The van der Waals surface area contributed by atoms with E-state index in [-0.39, 0.29) is 0 Å². The third-order valence-corrected chi connectivity index (χ3v) is 2.32. The van der Waals surface area contributed by atoms with E-state index < -0.39 is 0 Å². The van der Waals surface area contributed by atoms with Crippen LogP contribution in [0.25, 0.3) is 0 Å². The van der Waals surface area contributed by atoms with E-state index >= 15 is 0 Å². The predicted octanol–water partition coefficient (Wildman–Crippen LogP) is 2.77. The van der Waals surface area contributed by atoms with Crippen LogP contribution in [0.2, 0.25) is 0 Å². The lowest BCUT2D eigenvalue weighted by Gasteiger charge is -2.09. The Kier molecular flexibility index (Phi) is 3.64. The summed E-state index contributed by atoms with van der Waals surface area (Å²) in [5, 5.41) is 0. The first-order valence-corrected chi connectivity index (χ1v) is 4.55. The van der Waals surface area contributed by atoms with Crippen LogP contribution in [0.4, 0.5) is 0 Å². The summed E-state index contributed by atoms with van der Waals surface area (Å²) in [6.07, 6.45) is 7.32. The highest BCUT2D eigenvalue weighted by Crippen LogP contribution is 2.26. The lowest BCUT2D eigenvalue weighted by atomic mass is 10.1. The van der Waals surface area contributed by atoms with Gasteiger partial charge < -0.3 is 4.74 Å². The van der Waals surface area contributed by atoms with Crippen molar-refractivity contribution >= 4 is 0 Å². The van der Waals surface area contributed by atoms with Gasteiger partial charge in [0.05, 0.1) is 12.7 Å². The smallest absolute Gasteiger partial charge is 0.0578 e. The van der Waals surface area contributed by atoms with Gasteiger partial charge in [-0.2, -0.15) is 0 Å². The molecular weight excluding hydrogens is 136 g/mol. The topological polar surface area (TPSA) is 9.23 Å². The molecule has 2 atom stereocenters. The van der Waals surface area contributed by atoms with Crippen LogP contribution >= 0.6 is 0 Å². The molecular formula is C10H18O. The lowest BCUT2D eigenvalue weighted by molar-refractivity contribution is 0.0594. The van der Waals surface area contributed by atoms with Gasteiger partial charge in [0.15, 0.2) is 0 Å². The monoisotopic (exact) mass is 154 g/mol. The Morgan fingerprint density at radius 2 is 2.36 bits per heavy atom. The van der Waals surface area contributed by atoms with Crippen molar-refractivity contribution in [1.82, 2.24) is 0 Å². The average molecular weight is 154 g/mol. The molecule has 0 aromatic rings. The molecule has 0 aromatic carbocycles. The first-order valence-electron chi connectivity index (χ1n) is 4.55. The Hall–Kier alpha value is -0.300. The fourth-order valence-corrected chi connectivity index (χ4v) is 1.62. The molecule has 0 saturated heterocycles. The summed E-state index contributed by atoms with van der Waals surface area (Å²) in [5.41, 5.74) is 0. The number of ether oxygens (including phenoxy) is 1. The number of hydrogen-bond acceptors (Lipinski definition) is 1. The Balaban J connectivity index is 2.03. The van der Waals surface area contributed by atoms with Crippen LogP contribution in [0.1, 0.15) is 32.6 Å². The van der Waals surface area contributed by atoms with Gasteiger partial charge in [-0.15, -0.1) is 6.58 Å². The van der Waals surface area contributed by atoms with E-state index in [4.69, 9.17) is 4.74 Å². The summed E-state index contributed by atoms with van der Waals surface area (Å²) in [6, 6.07) is 0. The first-order chi connectivity index (χ1) is 5.33. The van der Waals surface area contributed by atoms with E-state index in [1.54, 1.807) is 0 Å². The quantitative estimate of drug-likeness (QED) is 0.447. The molecule has 1 aliphatic rings. The minimum absolute atomic E-state index is 0.546. The zero-order valence-corrected chi connectivity index (χ0v) is 7.38. The van der Waals surface area contributed by atoms with Gasteiger partial charge in [-0.3, -0.25) is 0 Å². The highest BCUT2D eigenvalue weighted by Gasteiger charge is 2.20. The summed E-state index contributed by atoms with van der Waals surface area (Å²) >= 11 is 0. The van der Waals surface area contributed by atoms with Crippen LogP contribution in [-0.2, 0) is 4.74 Å². The van der Waals surface area contributed by atoms with Crippen molar-refractivity contribution in [1.29, 1.82) is 0 Å². The van der Waals surface area contributed by atoms with Crippen molar-refractivity contribution in [2.75, 3.05) is 6.61 Å². The average Bonchev–Trinajstić information content (AvgIpc) is 2.37. The maximum atomic E-state index is 5.64. The molecule has 2 unspecified atom stereocenters. The zero-order chi connectivity index (χ0) is 8.10.